The van der Waals surface area contributed by atoms with Crippen molar-refractivity contribution in [3.63, 3.8) is 0 Å². The van der Waals surface area contributed by atoms with Crippen LogP contribution in [0.25, 0.3) is 33.8 Å². The van der Waals surface area contributed by atoms with Gasteiger partial charge in [0.15, 0.2) is 0 Å². The highest BCUT2D eigenvalue weighted by atomic mass is 35.5. The molecule has 135 heavy (non-hydrogen) atoms. The van der Waals surface area contributed by atoms with Crippen LogP contribution in [0.5, 0.6) is 0 Å². The number of piperidine rings is 3. The molecule has 9 heterocycles. The van der Waals surface area contributed by atoms with Gasteiger partial charge in [-0.15, -0.1) is 11.6 Å². The number of benzene rings is 6. The molecule has 708 valence electrons. The Morgan fingerprint density at radius 1 is 0.415 bits per heavy atom. The van der Waals surface area contributed by atoms with Gasteiger partial charge in [0.05, 0.1) is 62.4 Å². The summed E-state index contributed by atoms with van der Waals surface area (Å²) in [5, 5.41) is 14.0. The number of nitrogens with one attached hydrogen (secondary N) is 5. The van der Waals surface area contributed by atoms with Crippen LogP contribution in [0.3, 0.4) is 0 Å². The van der Waals surface area contributed by atoms with Crippen molar-refractivity contribution in [2.75, 3.05) is 117 Å². The molecule has 4 aliphatic heterocycles. The number of amides is 6. The topological polar surface area (TPSA) is 282 Å². The number of nitrogens with zero attached hydrogens (tertiary/aromatic N) is 11. The molecule has 4 aliphatic rings. The monoisotopic (exact) mass is 1880 g/mol. The predicted octanol–water partition coefficient (Wildman–Crippen LogP) is 19.7. The highest BCUT2D eigenvalue weighted by Gasteiger charge is 2.34. The minimum atomic E-state index is -4.49. The van der Waals surface area contributed by atoms with E-state index in [1.165, 1.54) is 73.9 Å². The maximum absolute atomic E-state index is 13.8. The first-order valence-electron chi connectivity index (χ1n) is 44.8. The van der Waals surface area contributed by atoms with Crippen LogP contribution in [0, 0.1) is 0 Å². The zero-order valence-electron chi connectivity index (χ0n) is 75.3. The number of carbonyl (C=O) groups excluding carboxylic acids is 6. The Morgan fingerprint density at radius 3 is 1.16 bits per heavy atom. The molecule has 0 radical (unpaired) electrons. The van der Waals surface area contributed by atoms with E-state index in [1.54, 1.807) is 59.5 Å². The Bertz CT molecular complexity index is 5970. The lowest BCUT2D eigenvalue weighted by molar-refractivity contribution is -0.138. The summed E-state index contributed by atoms with van der Waals surface area (Å²) in [6, 6.07) is 51.8. The molecule has 11 aromatic rings. The van der Waals surface area contributed by atoms with E-state index < -0.39 is 70.4 Å². The summed E-state index contributed by atoms with van der Waals surface area (Å²) in [5.74, 6) is -2.00. The molecule has 0 bridgehead atoms. The molecule has 6 aromatic carbocycles. The van der Waals surface area contributed by atoms with Gasteiger partial charge in [-0.05, 0) is 254 Å². The van der Waals surface area contributed by atoms with Crippen LogP contribution < -0.4 is 47.0 Å². The van der Waals surface area contributed by atoms with Gasteiger partial charge in [0.1, 0.15) is 17.0 Å². The lowest BCUT2D eigenvalue weighted by atomic mass is 10.0. The Hall–Kier alpha value is -13.5. The van der Waals surface area contributed by atoms with Crippen molar-refractivity contribution in [3.05, 3.63) is 292 Å². The van der Waals surface area contributed by atoms with Gasteiger partial charge in [0.25, 0.3) is 29.5 Å². The van der Waals surface area contributed by atoms with E-state index in [2.05, 4.69) is 71.0 Å². The minimum absolute atomic E-state index is 0.0208. The van der Waals surface area contributed by atoms with Crippen molar-refractivity contribution in [1.29, 1.82) is 0 Å². The molecular weight excluding hydrogens is 1770 g/mol. The third-order valence-electron chi connectivity index (χ3n) is 23.2. The van der Waals surface area contributed by atoms with Crippen LogP contribution in [0.15, 0.2) is 219 Å². The van der Waals surface area contributed by atoms with Crippen LogP contribution in [-0.2, 0) is 55.3 Å². The third-order valence-corrected chi connectivity index (χ3v) is 23.5. The fraction of sp³-hybridized carbons (Fsp3) is 0.337. The summed E-state index contributed by atoms with van der Waals surface area (Å²) >= 11 is 5.90. The number of nitrogen functional groups attached to an aromatic ring is 1. The van der Waals surface area contributed by atoms with Crippen molar-refractivity contribution in [3.8, 4) is 33.8 Å². The van der Waals surface area contributed by atoms with Gasteiger partial charge in [-0.1, -0.05) is 48.5 Å². The van der Waals surface area contributed by atoms with Crippen molar-refractivity contribution < 1.29 is 73.0 Å². The highest BCUT2D eigenvalue weighted by Crippen LogP contribution is 2.39. The molecule has 0 saturated carbocycles. The summed E-state index contributed by atoms with van der Waals surface area (Å²) in [6.45, 7) is 15.9. The Balaban J connectivity index is 0.000000179. The molecule has 0 atom stereocenters. The second-order valence-electron chi connectivity index (χ2n) is 34.4. The van der Waals surface area contributed by atoms with Gasteiger partial charge in [-0.3, -0.25) is 48.7 Å². The smallest absolute Gasteiger partial charge is 0.416 e. The number of pyridine rings is 5. The van der Waals surface area contributed by atoms with E-state index in [0.29, 0.717) is 92.9 Å². The third kappa shape index (κ3) is 28.3. The summed E-state index contributed by atoms with van der Waals surface area (Å²) in [4.78, 5) is 114. The maximum atomic E-state index is 13.8. The molecule has 4 saturated heterocycles. The van der Waals surface area contributed by atoms with Crippen molar-refractivity contribution >= 4 is 81.4 Å². The molecule has 0 spiro atoms. The number of alkyl halides is 10. The number of aromatic nitrogens is 5. The van der Waals surface area contributed by atoms with Crippen LogP contribution in [0.2, 0.25) is 0 Å². The second-order valence-corrected chi connectivity index (χ2v) is 34.7. The molecule has 6 amide bonds. The van der Waals surface area contributed by atoms with Crippen LogP contribution >= 0.6 is 11.6 Å². The molecule has 0 unspecified atom stereocenters. The average molecular weight is 1880 g/mol. The van der Waals surface area contributed by atoms with E-state index in [0.717, 1.165) is 175 Å². The van der Waals surface area contributed by atoms with Gasteiger partial charge in [0, 0.05) is 179 Å². The fourth-order valence-electron chi connectivity index (χ4n) is 16.0. The average Bonchev–Trinajstić information content (AvgIpc) is 0.798. The summed E-state index contributed by atoms with van der Waals surface area (Å²) < 4.78 is 123. The second kappa shape index (κ2) is 45.5. The molecule has 4 fully saturated rings. The number of anilines is 6. The van der Waals surface area contributed by atoms with Gasteiger partial charge in [-0.25, -0.2) is 14.8 Å². The Morgan fingerprint density at radius 2 is 0.778 bits per heavy atom. The molecule has 34 heteroatoms. The number of hydrogen-bond acceptors (Lipinski definition) is 18. The molecule has 24 nitrogen and oxygen atoms in total. The number of likely N-dealkylation sites (N-methyl/N-ethyl adjacent to an activating group) is 1. The normalized spacial score (nSPS) is 14.4. The lowest BCUT2D eigenvalue weighted by Gasteiger charge is -2.36. The lowest BCUT2D eigenvalue weighted by Crippen LogP contribution is -2.51. The van der Waals surface area contributed by atoms with E-state index in [-0.39, 0.29) is 54.1 Å². The highest BCUT2D eigenvalue weighted by molar-refractivity contribution is 6.17. The van der Waals surface area contributed by atoms with Crippen LogP contribution in [0.1, 0.15) is 175 Å². The van der Waals surface area contributed by atoms with Crippen molar-refractivity contribution in [2.24, 2.45) is 0 Å². The molecule has 15 rings (SSSR count). The van der Waals surface area contributed by atoms with Crippen LogP contribution in [-0.4, -0.2) is 166 Å². The largest absolute Gasteiger partial charge is 0.444 e. The number of nitrogens with two attached hydrogens (primary N) is 1. The molecular formula is C101H107ClF9N17O7. The van der Waals surface area contributed by atoms with E-state index >= 15 is 0 Å². The number of hydrogen-bond donors (Lipinski definition) is 6. The number of rotatable bonds is 25. The SMILES string of the molecule is CN(CCN1CCN(C(=O)OC(C)(C)C)CC1)Cc1cccc(C(=O)Nc2ccc(N3CCCCC3)cc2-c2cc(C(=O)NCc3cccc(C(F)(F)F)c3)ccn2)n1.Nc1ccc(N2CCCCC2)cc1-c1cc(C(=O)NCc2cccc(C(F)(F)F)c2)ccn1.O=C(NCc1cccc(C(F)(F)F)c1)c1ccnc(-c2cc(N3CCCCC3)ccc2NC(=O)c2cccc(CCl)n2)c1. The summed E-state index contributed by atoms with van der Waals surface area (Å²) in [5.41, 5.74) is 15.0. The molecule has 5 aromatic heterocycles. The zero-order chi connectivity index (χ0) is 96.0. The standard InChI is InChI=1S/C44H53F3N8O4.C32H29ClF3N5O2.C25H25F3N4O/c1-43(2,3)59-42(58)55-24-22-53(23-25-55)21-20-52(4)30-34-12-9-13-38(50-34)41(57)51-37-15-14-35(54-18-6-5-7-19-54)28-36(37)39-27-32(16-17-48-39)40(56)49-29-31-10-8-11-33(26-31)44(45,46)47;33-19-24-8-5-9-28(39-24)31(43)40-27-11-10-25(41-14-2-1-3-15-41)18-26(27)29-17-22(12-13-37-29)30(42)38-20-21-6-4-7-23(16-21)32(34,35)36;26-25(27,28)19-6-4-5-17(13-19)16-31-24(33)18-9-10-30-23(14-18)21-15-20(7-8-22(21)29)32-11-2-1-3-12-32/h8-17,26-28H,5-7,18-25,29-30H2,1-4H3,(H,49,56)(H,51,57);4-13,16-18H,1-3,14-15,19-20H2,(H,38,42)(H,40,43);4-10,13-15H,1-3,11-12,16,29H2,(H,31,33). The Kier molecular flexibility index (Phi) is 33.3. The number of carbonyl (C=O) groups is 6. The van der Waals surface area contributed by atoms with Crippen molar-refractivity contribution in [2.45, 2.75) is 135 Å². The van der Waals surface area contributed by atoms with Gasteiger partial charge in [-0.2, -0.15) is 39.5 Å². The van der Waals surface area contributed by atoms with E-state index in [9.17, 15) is 68.3 Å². The van der Waals surface area contributed by atoms with E-state index in [1.807, 2.05) is 94.5 Å². The van der Waals surface area contributed by atoms with Crippen LogP contribution in [0.4, 0.5) is 78.4 Å². The quantitative estimate of drug-likeness (QED) is 0.0176. The van der Waals surface area contributed by atoms with Gasteiger partial charge in [0.2, 0.25) is 0 Å². The summed E-state index contributed by atoms with van der Waals surface area (Å²) in [7, 11) is 2.01. The van der Waals surface area contributed by atoms with Gasteiger partial charge >= 0.3 is 24.6 Å². The fourth-order valence-corrected chi connectivity index (χ4v) is 16.1. The number of halogens is 10. The first-order valence-corrected chi connectivity index (χ1v) is 45.3. The Labute approximate surface area is 782 Å². The first kappa shape index (κ1) is 99.0. The van der Waals surface area contributed by atoms with Gasteiger partial charge < -0.3 is 56.7 Å². The number of ether oxygens (including phenoxy) is 1. The molecule has 0 aliphatic carbocycles. The maximum Gasteiger partial charge on any atom is 0.416 e. The first-order chi connectivity index (χ1) is 64.6. The zero-order valence-corrected chi connectivity index (χ0v) is 76.1. The summed E-state index contributed by atoms with van der Waals surface area (Å²) in [6.07, 6.45) is 1.01. The minimum Gasteiger partial charge on any atom is -0.444 e. The number of piperazine rings is 1. The van der Waals surface area contributed by atoms with E-state index in [4.69, 9.17) is 27.1 Å². The van der Waals surface area contributed by atoms with Crippen molar-refractivity contribution in [1.82, 2.24) is 55.6 Å². The molecule has 7 N–H and O–H groups in total. The predicted molar refractivity (Wildman–Crippen MR) is 504 cm³/mol.